The summed E-state index contributed by atoms with van der Waals surface area (Å²) in [7, 11) is 0. The van der Waals surface area contributed by atoms with E-state index in [9.17, 15) is 0 Å². The molecule has 0 aromatic carbocycles. The predicted molar refractivity (Wildman–Crippen MR) is 54.7 cm³/mol. The number of pyridine rings is 1. The molecule has 76 valence electrons. The predicted octanol–water partition coefficient (Wildman–Crippen LogP) is 1.51. The van der Waals surface area contributed by atoms with E-state index in [4.69, 9.17) is 10.5 Å². The van der Waals surface area contributed by atoms with Gasteiger partial charge in [-0.05, 0) is 36.5 Å². The van der Waals surface area contributed by atoms with Gasteiger partial charge in [0, 0.05) is 31.6 Å². The summed E-state index contributed by atoms with van der Waals surface area (Å²) < 4.78 is 5.32. The summed E-state index contributed by atoms with van der Waals surface area (Å²) in [5.41, 5.74) is 7.37. The van der Waals surface area contributed by atoms with E-state index in [1.165, 1.54) is 5.56 Å². The van der Waals surface area contributed by atoms with Crippen LogP contribution in [0.1, 0.15) is 24.4 Å². The van der Waals surface area contributed by atoms with Gasteiger partial charge in [-0.15, -0.1) is 0 Å². The molecule has 0 saturated carbocycles. The topological polar surface area (TPSA) is 48.1 Å². The lowest BCUT2D eigenvalue weighted by atomic mass is 9.88. The van der Waals surface area contributed by atoms with Crippen LogP contribution in [0, 0.1) is 5.92 Å². The second-order valence-electron chi connectivity index (χ2n) is 3.76. The Morgan fingerprint density at radius 3 is 2.57 bits per heavy atom. The standard InChI is InChI=1S/C11H16N2O/c12-11(9-1-5-13-6-2-9)10-3-7-14-8-4-10/h1-2,5-6,10-11H,3-4,7-8,12H2/t11-/m0/s1. The highest BCUT2D eigenvalue weighted by atomic mass is 16.5. The van der Waals surface area contributed by atoms with E-state index < -0.39 is 0 Å². The highest BCUT2D eigenvalue weighted by Gasteiger charge is 2.21. The van der Waals surface area contributed by atoms with Crippen LogP contribution in [0.3, 0.4) is 0 Å². The molecule has 0 amide bonds. The smallest absolute Gasteiger partial charge is 0.0469 e. The van der Waals surface area contributed by atoms with Crippen LogP contribution in [0.4, 0.5) is 0 Å². The third-order valence-electron chi connectivity index (χ3n) is 2.86. The van der Waals surface area contributed by atoms with Crippen molar-refractivity contribution in [3.8, 4) is 0 Å². The first kappa shape index (κ1) is 9.62. The fraction of sp³-hybridized carbons (Fsp3) is 0.545. The van der Waals surface area contributed by atoms with Gasteiger partial charge in [0.2, 0.25) is 0 Å². The van der Waals surface area contributed by atoms with Crippen molar-refractivity contribution in [2.45, 2.75) is 18.9 Å². The molecule has 1 saturated heterocycles. The normalized spacial score (nSPS) is 20.6. The lowest BCUT2D eigenvalue weighted by Gasteiger charge is -2.27. The van der Waals surface area contributed by atoms with Gasteiger partial charge in [-0.1, -0.05) is 0 Å². The first-order valence-corrected chi connectivity index (χ1v) is 5.11. The number of nitrogens with two attached hydrogens (primary N) is 1. The number of aromatic nitrogens is 1. The molecule has 2 N–H and O–H groups in total. The fourth-order valence-corrected chi connectivity index (χ4v) is 1.93. The minimum atomic E-state index is 0.141. The Kier molecular flexibility index (Phi) is 3.11. The van der Waals surface area contributed by atoms with Crippen LogP contribution in [0.2, 0.25) is 0 Å². The van der Waals surface area contributed by atoms with Crippen molar-refractivity contribution in [2.75, 3.05) is 13.2 Å². The molecule has 3 heteroatoms. The maximum Gasteiger partial charge on any atom is 0.0469 e. The van der Waals surface area contributed by atoms with Crippen LogP contribution >= 0.6 is 0 Å². The third-order valence-corrected chi connectivity index (χ3v) is 2.86. The third kappa shape index (κ3) is 2.11. The van der Waals surface area contributed by atoms with E-state index >= 15 is 0 Å². The second kappa shape index (κ2) is 4.53. The van der Waals surface area contributed by atoms with E-state index in [2.05, 4.69) is 4.98 Å². The Morgan fingerprint density at radius 2 is 1.93 bits per heavy atom. The lowest BCUT2D eigenvalue weighted by molar-refractivity contribution is 0.0584. The molecule has 1 atom stereocenters. The largest absolute Gasteiger partial charge is 0.381 e. The number of nitrogens with zero attached hydrogens (tertiary/aromatic N) is 1. The monoisotopic (exact) mass is 192 g/mol. The van der Waals surface area contributed by atoms with Gasteiger partial charge in [-0.3, -0.25) is 4.98 Å². The maximum absolute atomic E-state index is 6.19. The second-order valence-corrected chi connectivity index (χ2v) is 3.76. The van der Waals surface area contributed by atoms with Gasteiger partial charge in [0.05, 0.1) is 0 Å². The Bertz CT molecular complexity index is 270. The van der Waals surface area contributed by atoms with Gasteiger partial charge in [0.25, 0.3) is 0 Å². The summed E-state index contributed by atoms with van der Waals surface area (Å²) in [5, 5.41) is 0. The molecular weight excluding hydrogens is 176 g/mol. The molecule has 0 bridgehead atoms. The van der Waals surface area contributed by atoms with Crippen molar-refractivity contribution >= 4 is 0 Å². The van der Waals surface area contributed by atoms with E-state index in [0.717, 1.165) is 26.1 Å². The van der Waals surface area contributed by atoms with E-state index in [0.29, 0.717) is 5.92 Å². The summed E-state index contributed by atoms with van der Waals surface area (Å²) in [6, 6.07) is 4.14. The van der Waals surface area contributed by atoms with Gasteiger partial charge in [-0.2, -0.15) is 0 Å². The number of rotatable bonds is 2. The molecule has 0 radical (unpaired) electrons. The van der Waals surface area contributed by atoms with Crippen molar-refractivity contribution in [2.24, 2.45) is 11.7 Å². The molecule has 1 aromatic rings. The number of hydrogen-bond donors (Lipinski definition) is 1. The summed E-state index contributed by atoms with van der Waals surface area (Å²) in [5.74, 6) is 0.561. The van der Waals surface area contributed by atoms with Crippen LogP contribution in [0.25, 0.3) is 0 Å². The van der Waals surface area contributed by atoms with Gasteiger partial charge in [0.1, 0.15) is 0 Å². The van der Waals surface area contributed by atoms with Gasteiger partial charge in [-0.25, -0.2) is 0 Å². The fourth-order valence-electron chi connectivity index (χ4n) is 1.93. The van der Waals surface area contributed by atoms with E-state index in [1.807, 2.05) is 12.1 Å². The molecule has 1 fully saturated rings. The van der Waals surface area contributed by atoms with Crippen molar-refractivity contribution in [3.05, 3.63) is 30.1 Å². The van der Waals surface area contributed by atoms with Gasteiger partial charge < -0.3 is 10.5 Å². The molecule has 2 heterocycles. The molecule has 0 aliphatic carbocycles. The molecule has 1 aromatic heterocycles. The Balaban J connectivity index is 2.03. The maximum atomic E-state index is 6.19. The number of ether oxygens (including phenoxy) is 1. The van der Waals surface area contributed by atoms with Crippen LogP contribution in [-0.2, 0) is 4.74 Å². The molecule has 0 unspecified atom stereocenters. The zero-order valence-corrected chi connectivity index (χ0v) is 8.23. The minimum Gasteiger partial charge on any atom is -0.381 e. The highest BCUT2D eigenvalue weighted by Crippen LogP contribution is 2.27. The summed E-state index contributed by atoms with van der Waals surface area (Å²) in [6.07, 6.45) is 5.75. The average Bonchev–Trinajstić information content (AvgIpc) is 2.30. The van der Waals surface area contributed by atoms with Gasteiger partial charge >= 0.3 is 0 Å². The van der Waals surface area contributed by atoms with Crippen LogP contribution < -0.4 is 5.73 Å². The van der Waals surface area contributed by atoms with Crippen LogP contribution in [0.15, 0.2) is 24.5 Å². The van der Waals surface area contributed by atoms with Crippen molar-refractivity contribution in [1.82, 2.24) is 4.98 Å². The van der Waals surface area contributed by atoms with Crippen molar-refractivity contribution in [3.63, 3.8) is 0 Å². The van der Waals surface area contributed by atoms with Crippen LogP contribution in [-0.4, -0.2) is 18.2 Å². The van der Waals surface area contributed by atoms with Crippen molar-refractivity contribution < 1.29 is 4.74 Å². The lowest BCUT2D eigenvalue weighted by Crippen LogP contribution is -2.27. The zero-order valence-electron chi connectivity index (χ0n) is 8.23. The van der Waals surface area contributed by atoms with E-state index in [-0.39, 0.29) is 6.04 Å². The zero-order chi connectivity index (χ0) is 9.80. The summed E-state index contributed by atoms with van der Waals surface area (Å²) in [4.78, 5) is 3.99. The first-order valence-electron chi connectivity index (χ1n) is 5.11. The minimum absolute atomic E-state index is 0.141. The number of hydrogen-bond acceptors (Lipinski definition) is 3. The summed E-state index contributed by atoms with van der Waals surface area (Å²) >= 11 is 0. The molecule has 1 aliphatic rings. The van der Waals surface area contributed by atoms with Crippen LogP contribution in [0.5, 0.6) is 0 Å². The first-order chi connectivity index (χ1) is 6.88. The van der Waals surface area contributed by atoms with E-state index in [1.54, 1.807) is 12.4 Å². The Morgan fingerprint density at radius 1 is 1.29 bits per heavy atom. The molecule has 14 heavy (non-hydrogen) atoms. The molecule has 0 spiro atoms. The highest BCUT2D eigenvalue weighted by molar-refractivity contribution is 5.15. The average molecular weight is 192 g/mol. The Labute approximate surface area is 84.3 Å². The molecule has 1 aliphatic heterocycles. The summed E-state index contributed by atoms with van der Waals surface area (Å²) in [6.45, 7) is 1.70. The van der Waals surface area contributed by atoms with Crippen molar-refractivity contribution in [1.29, 1.82) is 0 Å². The SMILES string of the molecule is N[C@@H](c1ccncc1)C1CCOCC1. The molecule has 2 rings (SSSR count). The van der Waals surface area contributed by atoms with Gasteiger partial charge in [0.15, 0.2) is 0 Å². The molecular formula is C11H16N2O. The molecule has 3 nitrogen and oxygen atoms in total. The Hall–Kier alpha value is -0.930. The quantitative estimate of drug-likeness (QED) is 0.772.